The van der Waals surface area contributed by atoms with E-state index in [0.29, 0.717) is 12.1 Å². The van der Waals surface area contributed by atoms with Crippen LogP contribution in [0.2, 0.25) is 0 Å². The van der Waals surface area contributed by atoms with Crippen LogP contribution < -0.4 is 5.32 Å². The Balaban J connectivity index is 1.28. The van der Waals surface area contributed by atoms with E-state index >= 15 is 0 Å². The molecule has 2 aromatic heterocycles. The van der Waals surface area contributed by atoms with Crippen LogP contribution in [-0.2, 0) is 6.42 Å². The Hall–Kier alpha value is -1.66. The number of likely N-dealkylation sites (tertiary alicyclic amines) is 1. The molecule has 2 aliphatic heterocycles. The largest absolute Gasteiger partial charge is 0.317 e. The number of hydrogen-bond donors (Lipinski definition) is 1. The first-order valence-corrected chi connectivity index (χ1v) is 10.6. The molecule has 148 valence electrons. The summed E-state index contributed by atoms with van der Waals surface area (Å²) in [4.78, 5) is 2.61. The highest BCUT2D eigenvalue weighted by Crippen LogP contribution is 2.24. The molecule has 0 aromatic carbocycles. The third-order valence-electron chi connectivity index (χ3n) is 6.49. The van der Waals surface area contributed by atoms with Gasteiger partial charge >= 0.3 is 0 Å². The van der Waals surface area contributed by atoms with Crippen LogP contribution in [0.15, 0.2) is 12.4 Å². The Kier molecular flexibility index (Phi) is 5.64. The van der Waals surface area contributed by atoms with Gasteiger partial charge in [-0.25, -0.2) is 0 Å². The first-order chi connectivity index (χ1) is 13.1. The van der Waals surface area contributed by atoms with Gasteiger partial charge in [0.05, 0.1) is 23.5 Å². The van der Waals surface area contributed by atoms with Crippen LogP contribution in [0.3, 0.4) is 0 Å². The lowest BCUT2D eigenvalue weighted by Crippen LogP contribution is -2.36. The van der Waals surface area contributed by atoms with Gasteiger partial charge in [0.15, 0.2) is 0 Å². The molecule has 2 saturated heterocycles. The number of rotatable bonds is 5. The summed E-state index contributed by atoms with van der Waals surface area (Å²) in [6.07, 6.45) is 10.4. The first-order valence-electron chi connectivity index (χ1n) is 10.6. The summed E-state index contributed by atoms with van der Waals surface area (Å²) in [6, 6.07) is 1.15. The molecule has 27 heavy (non-hydrogen) atoms. The average Bonchev–Trinajstić information content (AvgIpc) is 3.23. The third-order valence-corrected chi connectivity index (χ3v) is 6.49. The van der Waals surface area contributed by atoms with Crippen LogP contribution in [0.5, 0.6) is 0 Å². The van der Waals surface area contributed by atoms with E-state index in [2.05, 4.69) is 52.7 Å². The standard InChI is InChI=1S/C21H34N6/c1-16-14-26(23-17(16)2)21-7-12-25(13-8-21)11-6-19-15-27(24-18(19)3)20-4-9-22-10-5-20/h14-15,20-22H,4-13H2,1-3H3. The highest BCUT2D eigenvalue weighted by Gasteiger charge is 2.22. The first kappa shape index (κ1) is 18.7. The highest BCUT2D eigenvalue weighted by molar-refractivity contribution is 5.16. The molecule has 0 aliphatic carbocycles. The molecular formula is C21H34N6. The maximum absolute atomic E-state index is 4.82. The number of piperidine rings is 2. The fourth-order valence-electron chi connectivity index (χ4n) is 4.47. The molecule has 0 atom stereocenters. The van der Waals surface area contributed by atoms with Crippen molar-refractivity contribution >= 4 is 0 Å². The summed E-state index contributed by atoms with van der Waals surface area (Å²) in [5, 5.41) is 13.0. The van der Waals surface area contributed by atoms with Crippen LogP contribution in [0.25, 0.3) is 0 Å². The molecule has 0 spiro atoms. The minimum atomic E-state index is 0.568. The summed E-state index contributed by atoms with van der Waals surface area (Å²) in [7, 11) is 0. The molecule has 4 heterocycles. The molecule has 0 radical (unpaired) electrons. The zero-order chi connectivity index (χ0) is 18.8. The van der Waals surface area contributed by atoms with Crippen molar-refractivity contribution in [2.45, 2.75) is 65.0 Å². The lowest BCUT2D eigenvalue weighted by Gasteiger charge is -2.32. The zero-order valence-corrected chi connectivity index (χ0v) is 17.1. The van der Waals surface area contributed by atoms with Gasteiger partial charge in [0, 0.05) is 32.0 Å². The summed E-state index contributed by atoms with van der Waals surface area (Å²) in [5.41, 5.74) is 5.11. The fourth-order valence-corrected chi connectivity index (χ4v) is 4.47. The van der Waals surface area contributed by atoms with E-state index in [1.54, 1.807) is 0 Å². The van der Waals surface area contributed by atoms with Gasteiger partial charge in [-0.2, -0.15) is 10.2 Å². The summed E-state index contributed by atoms with van der Waals surface area (Å²) in [5.74, 6) is 0. The van der Waals surface area contributed by atoms with Crippen LogP contribution in [0.1, 0.15) is 60.3 Å². The van der Waals surface area contributed by atoms with Crippen molar-refractivity contribution < 1.29 is 0 Å². The Labute approximate surface area is 162 Å². The van der Waals surface area contributed by atoms with Crippen molar-refractivity contribution in [3.05, 3.63) is 34.9 Å². The number of aryl methyl sites for hydroxylation is 3. The van der Waals surface area contributed by atoms with Crippen molar-refractivity contribution in [3.63, 3.8) is 0 Å². The van der Waals surface area contributed by atoms with Crippen molar-refractivity contribution in [2.24, 2.45) is 0 Å². The highest BCUT2D eigenvalue weighted by atomic mass is 15.3. The Morgan fingerprint density at radius 2 is 1.52 bits per heavy atom. The van der Waals surface area contributed by atoms with Gasteiger partial charge in [-0.3, -0.25) is 9.36 Å². The smallest absolute Gasteiger partial charge is 0.0626 e. The van der Waals surface area contributed by atoms with E-state index in [1.807, 2.05) is 0 Å². The second-order valence-corrected chi connectivity index (χ2v) is 8.40. The van der Waals surface area contributed by atoms with Crippen molar-refractivity contribution in [2.75, 3.05) is 32.7 Å². The maximum atomic E-state index is 4.82. The topological polar surface area (TPSA) is 50.9 Å². The predicted molar refractivity (Wildman–Crippen MR) is 108 cm³/mol. The van der Waals surface area contributed by atoms with Gasteiger partial charge in [0.25, 0.3) is 0 Å². The molecule has 2 aromatic rings. The van der Waals surface area contributed by atoms with Crippen molar-refractivity contribution in [1.82, 2.24) is 29.8 Å². The molecule has 0 unspecified atom stereocenters. The molecule has 2 aliphatic rings. The SMILES string of the molecule is Cc1cn(C2CCN(CCc3cn(C4CCNCC4)nc3C)CC2)nc1C. The second kappa shape index (κ2) is 8.15. The quantitative estimate of drug-likeness (QED) is 0.879. The minimum Gasteiger partial charge on any atom is -0.317 e. The van der Waals surface area contributed by atoms with Gasteiger partial charge in [0.1, 0.15) is 0 Å². The molecule has 2 fully saturated rings. The Bertz CT molecular complexity index is 727. The molecule has 6 heteroatoms. The van der Waals surface area contributed by atoms with Crippen molar-refractivity contribution in [1.29, 1.82) is 0 Å². The van der Waals surface area contributed by atoms with Crippen LogP contribution in [-0.4, -0.2) is 57.2 Å². The van der Waals surface area contributed by atoms with Gasteiger partial charge in [-0.15, -0.1) is 0 Å². The number of aromatic nitrogens is 4. The molecule has 1 N–H and O–H groups in total. The van der Waals surface area contributed by atoms with Gasteiger partial charge in [0.2, 0.25) is 0 Å². The van der Waals surface area contributed by atoms with Crippen LogP contribution in [0.4, 0.5) is 0 Å². The lowest BCUT2D eigenvalue weighted by atomic mass is 10.0. The number of nitrogens with one attached hydrogen (secondary N) is 1. The van der Waals surface area contributed by atoms with Crippen LogP contribution >= 0.6 is 0 Å². The van der Waals surface area contributed by atoms with E-state index in [9.17, 15) is 0 Å². The number of hydrogen-bond acceptors (Lipinski definition) is 4. The monoisotopic (exact) mass is 370 g/mol. The van der Waals surface area contributed by atoms with E-state index in [-0.39, 0.29) is 0 Å². The lowest BCUT2D eigenvalue weighted by molar-refractivity contribution is 0.181. The molecule has 0 saturated carbocycles. The zero-order valence-electron chi connectivity index (χ0n) is 17.1. The molecule has 6 nitrogen and oxygen atoms in total. The molecule has 0 bridgehead atoms. The van der Waals surface area contributed by atoms with E-state index in [1.165, 1.54) is 61.3 Å². The van der Waals surface area contributed by atoms with Crippen LogP contribution in [0, 0.1) is 20.8 Å². The predicted octanol–water partition coefficient (Wildman–Crippen LogP) is 2.81. The molecule has 4 rings (SSSR count). The maximum Gasteiger partial charge on any atom is 0.0626 e. The summed E-state index contributed by atoms with van der Waals surface area (Å²) in [6.45, 7) is 12.1. The number of nitrogens with zero attached hydrogens (tertiary/aromatic N) is 5. The second-order valence-electron chi connectivity index (χ2n) is 8.40. The Morgan fingerprint density at radius 3 is 2.19 bits per heavy atom. The van der Waals surface area contributed by atoms with E-state index in [4.69, 9.17) is 10.2 Å². The Morgan fingerprint density at radius 1 is 0.889 bits per heavy atom. The summed E-state index contributed by atoms with van der Waals surface area (Å²) >= 11 is 0. The molecular weight excluding hydrogens is 336 g/mol. The fraction of sp³-hybridized carbons (Fsp3) is 0.714. The normalized spacial score (nSPS) is 20.4. The van der Waals surface area contributed by atoms with Gasteiger partial charge in [-0.05, 0) is 77.1 Å². The van der Waals surface area contributed by atoms with Gasteiger partial charge < -0.3 is 10.2 Å². The third kappa shape index (κ3) is 4.27. The van der Waals surface area contributed by atoms with Crippen molar-refractivity contribution in [3.8, 4) is 0 Å². The molecule has 0 amide bonds. The van der Waals surface area contributed by atoms with E-state index < -0.39 is 0 Å². The van der Waals surface area contributed by atoms with Gasteiger partial charge in [-0.1, -0.05) is 0 Å². The summed E-state index contributed by atoms with van der Waals surface area (Å²) < 4.78 is 4.44. The van der Waals surface area contributed by atoms with E-state index in [0.717, 1.165) is 26.1 Å². The minimum absolute atomic E-state index is 0.568. The average molecular weight is 371 g/mol.